The fourth-order valence-electron chi connectivity index (χ4n) is 4.82. The van der Waals surface area contributed by atoms with Crippen molar-refractivity contribution in [1.82, 2.24) is 0 Å². The molecule has 2 atom stereocenters. The van der Waals surface area contributed by atoms with Crippen LogP contribution in [0.5, 0.6) is 0 Å². The maximum atomic E-state index is 12.6. The van der Waals surface area contributed by atoms with Gasteiger partial charge in [-0.3, -0.25) is 18.6 Å². The van der Waals surface area contributed by atoms with Crippen LogP contribution in [0.3, 0.4) is 0 Å². The molecule has 10 heteroatoms. The van der Waals surface area contributed by atoms with Crippen LogP contribution in [-0.2, 0) is 32.7 Å². The molecule has 0 saturated heterocycles. The Bertz CT molecular complexity index is 1140. The van der Waals surface area contributed by atoms with E-state index in [9.17, 15) is 19.0 Å². The van der Waals surface area contributed by atoms with Crippen molar-refractivity contribution in [1.29, 1.82) is 0 Å². The fourth-order valence-corrected chi connectivity index (χ4v) is 5.56. The van der Waals surface area contributed by atoms with Crippen molar-refractivity contribution in [3.05, 3.63) is 72.9 Å². The number of rotatable bonds is 35. The fraction of sp³-hybridized carbons (Fsp3) is 0.674. The number of unbranched alkanes of at least 4 members (excludes halogenated alkanes) is 9. The van der Waals surface area contributed by atoms with Gasteiger partial charge < -0.3 is 18.9 Å². The summed E-state index contributed by atoms with van der Waals surface area (Å²) in [4.78, 5) is 35.2. The highest BCUT2D eigenvalue weighted by Crippen LogP contribution is 2.43. The van der Waals surface area contributed by atoms with E-state index >= 15 is 0 Å². The van der Waals surface area contributed by atoms with Crippen molar-refractivity contribution >= 4 is 19.8 Å². The van der Waals surface area contributed by atoms with E-state index in [1.165, 1.54) is 38.5 Å². The lowest BCUT2D eigenvalue weighted by Gasteiger charge is -2.24. The first-order valence-electron chi connectivity index (χ1n) is 20.2. The van der Waals surface area contributed by atoms with Crippen LogP contribution in [-0.4, -0.2) is 74.9 Å². The summed E-state index contributed by atoms with van der Waals surface area (Å²) < 4.78 is 34.1. The Morgan fingerprint density at radius 1 is 0.604 bits per heavy atom. The van der Waals surface area contributed by atoms with Crippen molar-refractivity contribution < 1.29 is 42.1 Å². The molecule has 0 aromatic rings. The number of quaternary nitrogens is 1. The number of ether oxygens (including phenoxy) is 2. The molecule has 0 spiro atoms. The molecule has 0 aromatic heterocycles. The predicted molar refractivity (Wildman–Crippen MR) is 219 cm³/mol. The van der Waals surface area contributed by atoms with E-state index in [0.29, 0.717) is 23.9 Å². The predicted octanol–water partition coefficient (Wildman–Crippen LogP) is 11.1. The molecule has 0 amide bonds. The maximum Gasteiger partial charge on any atom is 0.472 e. The van der Waals surface area contributed by atoms with Gasteiger partial charge in [0.25, 0.3) is 0 Å². The maximum absolute atomic E-state index is 12.6. The second kappa shape index (κ2) is 35.2. The average Bonchev–Trinajstić information content (AvgIpc) is 3.10. The number of phosphoric ester groups is 1. The number of hydrogen-bond acceptors (Lipinski definition) is 7. The minimum atomic E-state index is -4.39. The molecule has 0 saturated carbocycles. The van der Waals surface area contributed by atoms with E-state index in [0.717, 1.165) is 57.8 Å². The van der Waals surface area contributed by atoms with Crippen molar-refractivity contribution in [2.75, 3.05) is 47.5 Å². The van der Waals surface area contributed by atoms with E-state index in [2.05, 4.69) is 74.6 Å². The highest BCUT2D eigenvalue weighted by atomic mass is 31.2. The molecule has 0 aliphatic heterocycles. The third-order valence-corrected chi connectivity index (χ3v) is 8.97. The van der Waals surface area contributed by atoms with Gasteiger partial charge in [0.2, 0.25) is 0 Å². The lowest BCUT2D eigenvalue weighted by atomic mass is 10.1. The smallest absolute Gasteiger partial charge is 0.462 e. The Labute approximate surface area is 323 Å². The number of carbonyl (C=O) groups is 2. The van der Waals surface area contributed by atoms with E-state index < -0.39 is 32.5 Å². The lowest BCUT2D eigenvalue weighted by molar-refractivity contribution is -0.870. The molecule has 0 heterocycles. The topological polar surface area (TPSA) is 108 Å². The Morgan fingerprint density at radius 3 is 1.68 bits per heavy atom. The summed E-state index contributed by atoms with van der Waals surface area (Å²) in [5, 5.41) is 0. The van der Waals surface area contributed by atoms with Gasteiger partial charge >= 0.3 is 19.8 Å². The number of carbonyl (C=O) groups excluding carboxylic acids is 2. The molecular formula is C43H75NO8P+. The first kappa shape index (κ1) is 50.5. The van der Waals surface area contributed by atoms with Crippen LogP contribution in [0.1, 0.15) is 136 Å². The monoisotopic (exact) mass is 765 g/mol. The van der Waals surface area contributed by atoms with Crippen LogP contribution in [0, 0.1) is 0 Å². The second-order valence-corrected chi connectivity index (χ2v) is 15.7. The molecular weight excluding hydrogens is 689 g/mol. The van der Waals surface area contributed by atoms with Gasteiger partial charge in [-0.05, 0) is 70.6 Å². The Hall–Kier alpha value is -2.55. The number of hydrogen-bond donors (Lipinski definition) is 1. The van der Waals surface area contributed by atoms with Crippen LogP contribution in [0.25, 0.3) is 0 Å². The minimum Gasteiger partial charge on any atom is -0.462 e. The summed E-state index contributed by atoms with van der Waals surface area (Å²) in [5.74, 6) is -0.923. The minimum absolute atomic E-state index is 0.0135. The third-order valence-electron chi connectivity index (χ3n) is 7.98. The quantitative estimate of drug-likeness (QED) is 0.0223. The second-order valence-electron chi connectivity index (χ2n) is 14.3. The summed E-state index contributed by atoms with van der Waals surface area (Å²) in [6.07, 6.45) is 42.6. The third kappa shape index (κ3) is 39.0. The summed E-state index contributed by atoms with van der Waals surface area (Å²) >= 11 is 0. The van der Waals surface area contributed by atoms with Gasteiger partial charge in [0.1, 0.15) is 19.8 Å². The first-order valence-corrected chi connectivity index (χ1v) is 21.7. The van der Waals surface area contributed by atoms with Crippen molar-refractivity contribution in [3.63, 3.8) is 0 Å². The Kier molecular flexibility index (Phi) is 33.5. The molecule has 0 aliphatic rings. The first-order chi connectivity index (χ1) is 25.5. The van der Waals surface area contributed by atoms with Gasteiger partial charge in [-0.2, -0.15) is 0 Å². The number of phosphoric acid groups is 1. The van der Waals surface area contributed by atoms with Gasteiger partial charge in [0, 0.05) is 12.8 Å². The normalized spacial score (nSPS) is 14.5. The number of nitrogens with zero attached hydrogens (tertiary/aromatic N) is 1. The van der Waals surface area contributed by atoms with Crippen molar-refractivity contribution in [3.8, 4) is 0 Å². The summed E-state index contributed by atoms with van der Waals surface area (Å²) in [6, 6.07) is 0. The molecule has 1 N–H and O–H groups in total. The molecule has 0 bridgehead atoms. The van der Waals surface area contributed by atoms with Crippen LogP contribution in [0.2, 0.25) is 0 Å². The van der Waals surface area contributed by atoms with Crippen LogP contribution < -0.4 is 0 Å². The zero-order valence-electron chi connectivity index (χ0n) is 34.0. The zero-order valence-corrected chi connectivity index (χ0v) is 34.9. The lowest BCUT2D eigenvalue weighted by Crippen LogP contribution is -2.37. The largest absolute Gasteiger partial charge is 0.472 e. The van der Waals surface area contributed by atoms with Crippen LogP contribution >= 0.6 is 7.82 Å². The Balaban J connectivity index is 4.56. The molecule has 2 unspecified atom stereocenters. The molecule has 0 aromatic carbocycles. The molecule has 9 nitrogen and oxygen atoms in total. The number of allylic oxidation sites excluding steroid dienone is 12. The summed E-state index contributed by atoms with van der Waals surface area (Å²) in [6.45, 7) is 4.16. The molecule has 53 heavy (non-hydrogen) atoms. The van der Waals surface area contributed by atoms with Crippen molar-refractivity contribution in [2.24, 2.45) is 0 Å². The Morgan fingerprint density at radius 2 is 1.11 bits per heavy atom. The standard InChI is InChI=1S/C43H74NO8P/c1-6-8-10-12-14-16-18-20-21-22-24-25-27-29-31-33-35-42(45)49-39-41(40-51-53(47,48)50-38-37-44(3,4)5)52-43(46)36-34-32-30-28-26-23-19-17-15-13-11-9-7-2/h8,10,14,16,20-21,23-26,30,32,41H,6-7,9,11-13,15,17-19,22,27-29,31,33-40H2,1-5H3/p+1/b10-8+,16-14+,21-20+,25-24+,26-23+,32-30+. The SMILES string of the molecule is CC/C=C/C/C=C/C/C=C/C/C=C/CCCCCC(=O)OCC(COP(=O)(O)OCC[N+](C)(C)C)OC(=O)CC/C=C/C/C=C/CCCCCCCC. The highest BCUT2D eigenvalue weighted by Gasteiger charge is 2.27. The molecule has 0 rings (SSSR count). The van der Waals surface area contributed by atoms with Crippen molar-refractivity contribution in [2.45, 2.75) is 142 Å². The molecule has 0 fully saturated rings. The van der Waals surface area contributed by atoms with E-state index in [-0.39, 0.29) is 26.1 Å². The number of esters is 2. The van der Waals surface area contributed by atoms with Gasteiger partial charge in [0.05, 0.1) is 27.7 Å². The van der Waals surface area contributed by atoms with Gasteiger partial charge in [0.15, 0.2) is 6.10 Å². The molecule has 0 aliphatic carbocycles. The van der Waals surface area contributed by atoms with Crippen LogP contribution in [0.15, 0.2) is 72.9 Å². The van der Waals surface area contributed by atoms with E-state index in [1.54, 1.807) is 0 Å². The zero-order chi connectivity index (χ0) is 39.3. The average molecular weight is 765 g/mol. The molecule has 304 valence electrons. The van der Waals surface area contributed by atoms with Gasteiger partial charge in [-0.15, -0.1) is 0 Å². The van der Waals surface area contributed by atoms with Gasteiger partial charge in [-0.25, -0.2) is 4.57 Å². The number of likely N-dealkylation sites (N-methyl/N-ethyl adjacent to an activating group) is 1. The van der Waals surface area contributed by atoms with Gasteiger partial charge in [-0.1, -0.05) is 125 Å². The van der Waals surface area contributed by atoms with E-state index in [4.69, 9.17) is 18.5 Å². The van der Waals surface area contributed by atoms with E-state index in [1.807, 2.05) is 33.3 Å². The van der Waals surface area contributed by atoms with Crippen LogP contribution in [0.4, 0.5) is 0 Å². The summed E-state index contributed by atoms with van der Waals surface area (Å²) in [5.41, 5.74) is 0. The summed E-state index contributed by atoms with van der Waals surface area (Å²) in [7, 11) is 1.41. The molecule has 0 radical (unpaired) electrons. The highest BCUT2D eigenvalue weighted by molar-refractivity contribution is 7.47.